The first-order chi connectivity index (χ1) is 31.3. The van der Waals surface area contributed by atoms with Gasteiger partial charge in [0.25, 0.3) is 30.4 Å². The van der Waals surface area contributed by atoms with E-state index in [-0.39, 0.29) is 69.5 Å². The molecule has 0 aliphatic rings. The summed E-state index contributed by atoms with van der Waals surface area (Å²) in [7, 11) is -14.7. The predicted molar refractivity (Wildman–Crippen MR) is 232 cm³/mol. The summed E-state index contributed by atoms with van der Waals surface area (Å²) in [6.07, 6.45) is 0. The second-order valence-corrected chi connectivity index (χ2v) is 17.5. The molecule has 354 valence electrons. The Balaban J connectivity index is 1.61. The maximum absolute atomic E-state index is 12.9. The van der Waals surface area contributed by atoms with Crippen LogP contribution in [-0.4, -0.2) is 114 Å². The van der Waals surface area contributed by atoms with Crippen molar-refractivity contribution in [3.05, 3.63) is 95.5 Å². The lowest BCUT2D eigenvalue weighted by Gasteiger charge is -2.19. The molecule has 0 heterocycles. The van der Waals surface area contributed by atoms with Gasteiger partial charge in [-0.1, -0.05) is 0 Å². The van der Waals surface area contributed by atoms with Crippen LogP contribution in [0.3, 0.4) is 0 Å². The number of carbonyl (C=O) groups is 2. The van der Waals surface area contributed by atoms with E-state index in [9.17, 15) is 79.1 Å². The van der Waals surface area contributed by atoms with Crippen LogP contribution in [0, 0.1) is 12.3 Å². The van der Waals surface area contributed by atoms with E-state index in [1.807, 2.05) is 0 Å². The predicted octanol–water partition coefficient (Wildman–Crippen LogP) is 5.22. The van der Waals surface area contributed by atoms with Crippen molar-refractivity contribution in [2.75, 3.05) is 37.1 Å². The molecule has 5 aromatic carbocycles. The van der Waals surface area contributed by atoms with Crippen LogP contribution in [0.15, 0.2) is 120 Å². The fraction of sp³-hybridized carbons (Fsp3) is 0.132. The molecule has 0 saturated carbocycles. The smallest absolute Gasteiger partial charge is 0.356 e. The fourth-order valence-corrected chi connectivity index (χ4v) is 7.64. The number of aromatic hydroxyl groups is 1. The van der Waals surface area contributed by atoms with E-state index in [1.54, 1.807) is 0 Å². The van der Waals surface area contributed by atoms with Gasteiger partial charge in [-0.05, 0) is 73.2 Å². The number of nitrogens with zero attached hydrogens (tertiary/aromatic N) is 4. The molecule has 0 aliphatic heterocycles. The summed E-state index contributed by atoms with van der Waals surface area (Å²) in [5, 5.41) is 88.3. The van der Waals surface area contributed by atoms with Crippen molar-refractivity contribution in [2.24, 2.45) is 20.5 Å². The van der Waals surface area contributed by atoms with Crippen molar-refractivity contribution in [3.63, 3.8) is 0 Å². The summed E-state index contributed by atoms with van der Waals surface area (Å²) in [6, 6.07) is 12.1. The topological polar surface area (TPSA) is 434 Å². The van der Waals surface area contributed by atoms with Gasteiger partial charge in [0.05, 0.1) is 39.9 Å². The zero-order valence-corrected chi connectivity index (χ0v) is 36.3. The molecule has 0 bridgehead atoms. The Labute approximate surface area is 377 Å². The third kappa shape index (κ3) is 12.0. The first-order valence-corrected chi connectivity index (χ1v) is 22.6. The number of phenols is 1. The van der Waals surface area contributed by atoms with Crippen molar-refractivity contribution >= 4 is 92.9 Å². The van der Waals surface area contributed by atoms with Gasteiger partial charge in [0.1, 0.15) is 52.4 Å². The fourth-order valence-electron chi connectivity index (χ4n) is 5.83. The Morgan fingerprint density at radius 1 is 0.687 bits per heavy atom. The largest absolute Gasteiger partial charge is 0.505 e. The van der Waals surface area contributed by atoms with Gasteiger partial charge in [-0.2, -0.15) is 25.3 Å². The highest BCUT2D eigenvalue weighted by Gasteiger charge is 2.26. The molecule has 0 fully saturated rings. The average Bonchev–Trinajstić information content (AvgIpc) is 3.24. The summed E-state index contributed by atoms with van der Waals surface area (Å²) in [5.41, 5.74) is -4.51. The lowest BCUT2D eigenvalue weighted by atomic mass is 10.0. The number of rotatable bonds is 20. The molecular formula is C38H35N7O19S3. The van der Waals surface area contributed by atoms with Gasteiger partial charge >= 0.3 is 11.9 Å². The van der Waals surface area contributed by atoms with E-state index >= 15 is 0 Å². The van der Waals surface area contributed by atoms with E-state index in [0.29, 0.717) is 6.07 Å². The number of anilines is 3. The van der Waals surface area contributed by atoms with Gasteiger partial charge in [-0.15, -0.1) is 20.5 Å². The summed E-state index contributed by atoms with van der Waals surface area (Å²) in [6.45, 7) is -0.311. The molecule has 0 aliphatic carbocycles. The molecular weight excluding hydrogens is 955 g/mol. The number of aliphatic hydroxyl groups is 3. The van der Waals surface area contributed by atoms with E-state index in [0.717, 1.165) is 48.5 Å². The summed E-state index contributed by atoms with van der Waals surface area (Å²) in [4.78, 5) is 21.4. The Morgan fingerprint density at radius 2 is 1.27 bits per heavy atom. The number of aliphatic hydroxyl groups excluding tert-OH is 3. The molecule has 0 unspecified atom stereocenters. The van der Waals surface area contributed by atoms with Crippen molar-refractivity contribution < 1.29 is 88.6 Å². The zero-order chi connectivity index (χ0) is 49.6. The van der Waals surface area contributed by atoms with Gasteiger partial charge in [-0.3, -0.25) is 19.1 Å². The van der Waals surface area contributed by atoms with Crippen LogP contribution >= 0.6 is 0 Å². The molecule has 0 spiro atoms. The van der Waals surface area contributed by atoms with Crippen LogP contribution < -0.4 is 20.1 Å². The molecule has 0 amide bonds. The Kier molecular flexibility index (Phi) is 15.2. The van der Waals surface area contributed by atoms with Crippen LogP contribution in [0.25, 0.3) is 10.8 Å². The second-order valence-electron chi connectivity index (χ2n) is 13.3. The quantitative estimate of drug-likeness (QED) is 0.0156. The number of carboxylic acid groups (broad SMARTS) is 2. The highest BCUT2D eigenvalue weighted by molar-refractivity contribution is 7.86. The summed E-state index contributed by atoms with van der Waals surface area (Å²) < 4.78 is 112. The van der Waals surface area contributed by atoms with Crippen molar-refractivity contribution in [2.45, 2.75) is 21.6 Å². The van der Waals surface area contributed by atoms with Gasteiger partial charge in [0, 0.05) is 28.6 Å². The van der Waals surface area contributed by atoms with Gasteiger partial charge in [0.2, 0.25) is 5.88 Å². The minimum Gasteiger partial charge on any atom is -0.505 e. The summed E-state index contributed by atoms with van der Waals surface area (Å²) in [5.74, 6) is -5.62. The minimum atomic E-state index is -5.30. The number of fused-ring (bicyclic) bond motifs is 1. The van der Waals surface area contributed by atoms with E-state index in [4.69, 9.17) is 14.9 Å². The number of aryl methyl sites for hydroxylation is 1. The van der Waals surface area contributed by atoms with Crippen molar-refractivity contribution in [1.82, 2.24) is 0 Å². The molecule has 0 radical (unpaired) electrons. The van der Waals surface area contributed by atoms with Gasteiger partial charge in [0.15, 0.2) is 11.4 Å². The maximum atomic E-state index is 12.9. The van der Waals surface area contributed by atoms with Gasteiger partial charge in [-0.25, -0.2) is 9.59 Å². The van der Waals surface area contributed by atoms with Crippen molar-refractivity contribution in [1.29, 1.82) is 5.41 Å². The first kappa shape index (κ1) is 50.4. The number of ether oxygens (including phenoxy) is 2. The number of phenolic OH excluding ortho intramolecular Hbond substituents is 1. The lowest BCUT2D eigenvalue weighted by Crippen LogP contribution is -2.17. The molecule has 12 N–H and O–H groups in total. The van der Waals surface area contributed by atoms with Gasteiger partial charge < -0.3 is 50.7 Å². The normalized spacial score (nSPS) is 12.6. The molecule has 5 rings (SSSR count). The number of azo groups is 2. The molecule has 26 nitrogen and oxygen atoms in total. The third-order valence-electron chi connectivity index (χ3n) is 8.81. The monoisotopic (exact) mass is 989 g/mol. The van der Waals surface area contributed by atoms with E-state index in [2.05, 4.69) is 31.1 Å². The standard InChI is InChI=1S/C38H35N7O19S3/c1-18-14-23-22(7-9-26(35(23)67(60,61)62)43-45-33(31(39)38(52)53)36(49)40-19-2-4-20(5-3-19)65(54,55)56)34(48)32(18)41-27-16-30(64-13-11-47)28(17-29(27)63-12-10-46)44-42-25-8-6-21(66(57,58)59)15-24(25)37(50)51/h2-9,14-17,39-41,46-49H,10-13H2,1H3,(H,50,51)(H,52,53)(H,54,55,56)(H,57,58,59)(H,60,61,62)/b36-33-,39-31?,44-42?,45-43?. The lowest BCUT2D eigenvalue weighted by molar-refractivity contribution is -0.129. The molecule has 0 atom stereocenters. The molecule has 0 saturated heterocycles. The number of benzene rings is 5. The number of carboxylic acids is 2. The van der Waals surface area contributed by atoms with Crippen molar-refractivity contribution in [3.8, 4) is 17.2 Å². The second kappa shape index (κ2) is 20.3. The third-order valence-corrected chi connectivity index (χ3v) is 11.5. The number of hydrogen-bond donors (Lipinski definition) is 12. The van der Waals surface area contributed by atoms with Crippen LogP contribution in [0.2, 0.25) is 0 Å². The highest BCUT2D eigenvalue weighted by Crippen LogP contribution is 2.46. The van der Waals surface area contributed by atoms with Crippen LogP contribution in [0.5, 0.6) is 17.2 Å². The number of aromatic carboxylic acids is 1. The number of nitrogens with one attached hydrogen (secondary N) is 3. The molecule has 0 aromatic heterocycles. The van der Waals surface area contributed by atoms with E-state index in [1.165, 1.54) is 25.1 Å². The van der Waals surface area contributed by atoms with Crippen LogP contribution in [0.4, 0.5) is 34.1 Å². The Hall–Kier alpha value is -7.64. The molecule has 67 heavy (non-hydrogen) atoms. The molecule has 29 heteroatoms. The average molecular weight is 990 g/mol. The van der Waals surface area contributed by atoms with E-state index < -0.39 is 104 Å². The zero-order valence-electron chi connectivity index (χ0n) is 33.9. The SMILES string of the molecule is Cc1cc2c(S(=O)(=O)O)c(N=N/C(C(=N)C(=O)O)=C(\O)Nc3ccc(S(=O)(=O)O)cc3)ccc2c(O)c1Nc1cc(OCCO)c(N=Nc2ccc(S(=O)(=O)O)cc2C(=O)O)cc1OCCO. The maximum Gasteiger partial charge on any atom is 0.356 e. The number of hydrogen-bond acceptors (Lipinski definition) is 21. The molecule has 5 aromatic rings. The summed E-state index contributed by atoms with van der Waals surface area (Å²) >= 11 is 0. The highest BCUT2D eigenvalue weighted by atomic mass is 32.2. The van der Waals surface area contributed by atoms with Crippen LogP contribution in [0.1, 0.15) is 15.9 Å². The Bertz CT molecular complexity index is 3250. The first-order valence-electron chi connectivity index (χ1n) is 18.3. The Morgan fingerprint density at radius 3 is 1.84 bits per heavy atom. The number of aliphatic carboxylic acids is 1. The van der Waals surface area contributed by atoms with Crippen LogP contribution in [-0.2, 0) is 35.1 Å². The minimum absolute atomic E-state index is 0.0229.